The second-order valence-corrected chi connectivity index (χ2v) is 12.7. The molecule has 37 heavy (non-hydrogen) atoms. The van der Waals surface area contributed by atoms with E-state index in [9.17, 15) is 18.3 Å². The third-order valence-corrected chi connectivity index (χ3v) is 9.86. The fourth-order valence-corrected chi connectivity index (χ4v) is 7.22. The number of ether oxygens (including phenoxy) is 1. The number of aliphatic hydroxyl groups excluding tert-OH is 1. The van der Waals surface area contributed by atoms with E-state index in [0.717, 1.165) is 42.4 Å². The number of carbonyl (C=O) groups excluding carboxylic acids is 1. The normalized spacial score (nSPS) is 23.3. The van der Waals surface area contributed by atoms with Gasteiger partial charge >= 0.3 is 0 Å². The van der Waals surface area contributed by atoms with Crippen molar-refractivity contribution in [2.24, 2.45) is 11.8 Å². The Kier molecular flexibility index (Phi) is 8.61. The van der Waals surface area contributed by atoms with Crippen molar-refractivity contribution in [2.45, 2.75) is 69.9 Å². The highest BCUT2D eigenvalue weighted by Gasteiger charge is 2.39. The third-order valence-electron chi connectivity index (χ3n) is 7.84. The van der Waals surface area contributed by atoms with Crippen molar-refractivity contribution in [2.75, 3.05) is 26.7 Å². The van der Waals surface area contributed by atoms with E-state index in [1.807, 2.05) is 45.2 Å². The summed E-state index contributed by atoms with van der Waals surface area (Å²) in [7, 11) is -2.09. The van der Waals surface area contributed by atoms with Crippen molar-refractivity contribution in [1.29, 1.82) is 0 Å². The standard InChI is InChI=1S/C29H40N2O5S/c1-20-10-12-23(13-11-20)25-14-15-28-26(16-25)36-27(18-30(4)29(33)24-8-6-5-7-9-24)21(2)17-31(22(3)19-32)37(28,34)35/h10-16,21-22,24,27,32H,5-9,17-19H2,1-4H3/t21-,22+,27-/m1/s1. The van der Waals surface area contributed by atoms with Gasteiger partial charge < -0.3 is 14.7 Å². The van der Waals surface area contributed by atoms with Crippen LogP contribution in [0.25, 0.3) is 11.1 Å². The molecule has 0 spiro atoms. The lowest BCUT2D eigenvalue weighted by atomic mass is 9.88. The van der Waals surface area contributed by atoms with Crippen LogP contribution in [-0.2, 0) is 14.8 Å². The van der Waals surface area contributed by atoms with E-state index in [0.29, 0.717) is 6.54 Å². The summed E-state index contributed by atoms with van der Waals surface area (Å²) < 4.78 is 35.3. The molecule has 1 aliphatic carbocycles. The smallest absolute Gasteiger partial charge is 0.247 e. The van der Waals surface area contributed by atoms with E-state index >= 15 is 0 Å². The maximum absolute atomic E-state index is 13.7. The molecule has 2 aliphatic rings. The Bertz CT molecular complexity index is 1190. The van der Waals surface area contributed by atoms with Gasteiger partial charge in [0, 0.05) is 31.5 Å². The van der Waals surface area contributed by atoms with Crippen molar-refractivity contribution >= 4 is 15.9 Å². The number of fused-ring (bicyclic) bond motifs is 1. The summed E-state index contributed by atoms with van der Waals surface area (Å²) in [5.74, 6) is 0.263. The number of hydrogen-bond acceptors (Lipinski definition) is 5. The van der Waals surface area contributed by atoms with Gasteiger partial charge in [-0.3, -0.25) is 4.79 Å². The molecule has 3 atom stereocenters. The molecule has 8 heteroatoms. The van der Waals surface area contributed by atoms with Gasteiger partial charge in [0.25, 0.3) is 0 Å². The second-order valence-electron chi connectivity index (χ2n) is 10.8. The minimum Gasteiger partial charge on any atom is -0.487 e. The van der Waals surface area contributed by atoms with Crippen LogP contribution in [0.4, 0.5) is 0 Å². The van der Waals surface area contributed by atoms with E-state index in [1.54, 1.807) is 30.0 Å². The summed E-state index contributed by atoms with van der Waals surface area (Å²) in [5, 5.41) is 9.87. The molecular formula is C29H40N2O5S. The van der Waals surface area contributed by atoms with Gasteiger partial charge in [-0.1, -0.05) is 62.1 Å². The first kappa shape index (κ1) is 27.6. The van der Waals surface area contributed by atoms with E-state index < -0.39 is 22.2 Å². The Morgan fingerprint density at radius 1 is 1.11 bits per heavy atom. The summed E-state index contributed by atoms with van der Waals surface area (Å²) >= 11 is 0. The van der Waals surface area contributed by atoms with E-state index in [4.69, 9.17) is 4.74 Å². The number of aryl methyl sites for hydroxylation is 1. The maximum atomic E-state index is 13.7. The molecule has 1 N–H and O–H groups in total. The molecule has 1 amide bonds. The minimum atomic E-state index is -3.91. The van der Waals surface area contributed by atoms with Gasteiger partial charge in [-0.2, -0.15) is 4.31 Å². The average Bonchev–Trinajstić information content (AvgIpc) is 2.90. The molecule has 202 valence electrons. The Balaban J connectivity index is 1.71. The van der Waals surface area contributed by atoms with Crippen molar-refractivity contribution < 1.29 is 23.1 Å². The predicted octanol–water partition coefficient (Wildman–Crippen LogP) is 4.47. The average molecular weight is 529 g/mol. The number of amides is 1. The number of aliphatic hydroxyl groups is 1. The predicted molar refractivity (Wildman–Crippen MR) is 145 cm³/mol. The zero-order chi connectivity index (χ0) is 26.7. The molecule has 7 nitrogen and oxygen atoms in total. The second kappa shape index (κ2) is 11.5. The molecule has 1 saturated carbocycles. The van der Waals surface area contributed by atoms with Gasteiger partial charge in [-0.15, -0.1) is 0 Å². The SMILES string of the molecule is Cc1ccc(-c2ccc3c(c2)O[C@H](CN(C)C(=O)C2CCCCC2)[C@H](C)CN([C@@H](C)CO)S3(=O)=O)cc1. The maximum Gasteiger partial charge on any atom is 0.247 e. The number of carbonyl (C=O) groups is 1. The van der Waals surface area contributed by atoms with E-state index in [2.05, 4.69) is 0 Å². The monoisotopic (exact) mass is 528 g/mol. The fourth-order valence-electron chi connectivity index (χ4n) is 5.39. The van der Waals surface area contributed by atoms with Crippen LogP contribution in [0.3, 0.4) is 0 Å². The Hall–Kier alpha value is -2.42. The zero-order valence-corrected chi connectivity index (χ0v) is 23.2. The minimum absolute atomic E-state index is 0.0503. The molecule has 2 aromatic carbocycles. The lowest BCUT2D eigenvalue weighted by Gasteiger charge is -2.38. The highest BCUT2D eigenvalue weighted by atomic mass is 32.2. The van der Waals surface area contributed by atoms with Crippen LogP contribution in [0.1, 0.15) is 51.5 Å². The quantitative estimate of drug-likeness (QED) is 0.598. The summed E-state index contributed by atoms with van der Waals surface area (Å²) in [6.45, 7) is 5.96. The van der Waals surface area contributed by atoms with E-state index in [-0.39, 0.29) is 41.5 Å². The number of sulfonamides is 1. The molecule has 0 radical (unpaired) electrons. The Morgan fingerprint density at radius 2 is 1.76 bits per heavy atom. The molecule has 0 bridgehead atoms. The molecular weight excluding hydrogens is 488 g/mol. The zero-order valence-electron chi connectivity index (χ0n) is 22.4. The first-order chi connectivity index (χ1) is 17.6. The van der Waals surface area contributed by atoms with Crippen LogP contribution >= 0.6 is 0 Å². The molecule has 1 fully saturated rings. The number of likely N-dealkylation sites (N-methyl/N-ethyl adjacent to an activating group) is 1. The lowest BCUT2D eigenvalue weighted by molar-refractivity contribution is -0.136. The van der Waals surface area contributed by atoms with Gasteiger partial charge in [0.15, 0.2) is 0 Å². The fraction of sp³-hybridized carbons (Fsp3) is 0.552. The van der Waals surface area contributed by atoms with Crippen LogP contribution in [0.15, 0.2) is 47.4 Å². The highest BCUT2D eigenvalue weighted by Crippen LogP contribution is 2.37. The molecule has 2 aromatic rings. The Labute approximate surface area is 221 Å². The highest BCUT2D eigenvalue weighted by molar-refractivity contribution is 7.89. The number of rotatable bonds is 6. The van der Waals surface area contributed by atoms with Gasteiger partial charge in [-0.05, 0) is 49.9 Å². The lowest BCUT2D eigenvalue weighted by Crippen LogP contribution is -2.50. The first-order valence-corrected chi connectivity index (χ1v) is 14.8. The van der Waals surface area contributed by atoms with Crippen molar-refractivity contribution in [1.82, 2.24) is 9.21 Å². The van der Waals surface area contributed by atoms with Crippen LogP contribution in [0, 0.1) is 18.8 Å². The van der Waals surface area contributed by atoms with Gasteiger partial charge in [0.05, 0.1) is 13.2 Å². The molecule has 1 heterocycles. The van der Waals surface area contributed by atoms with Crippen molar-refractivity contribution in [3.05, 3.63) is 48.0 Å². The first-order valence-electron chi connectivity index (χ1n) is 13.4. The summed E-state index contributed by atoms with van der Waals surface area (Å²) in [4.78, 5) is 15.0. The summed E-state index contributed by atoms with van der Waals surface area (Å²) in [6, 6.07) is 12.6. The molecule has 0 aromatic heterocycles. The number of hydrogen-bond donors (Lipinski definition) is 1. The van der Waals surface area contributed by atoms with Crippen LogP contribution in [-0.4, -0.2) is 67.5 Å². The number of benzene rings is 2. The van der Waals surface area contributed by atoms with Gasteiger partial charge in [0.1, 0.15) is 16.7 Å². The summed E-state index contributed by atoms with van der Waals surface area (Å²) in [6.07, 6.45) is 4.79. The molecule has 1 aliphatic heterocycles. The van der Waals surface area contributed by atoms with Crippen molar-refractivity contribution in [3.8, 4) is 16.9 Å². The molecule has 0 saturated heterocycles. The summed E-state index contributed by atoms with van der Waals surface area (Å²) in [5.41, 5.74) is 2.96. The van der Waals surface area contributed by atoms with Crippen molar-refractivity contribution in [3.63, 3.8) is 0 Å². The van der Waals surface area contributed by atoms with Gasteiger partial charge in [0.2, 0.25) is 15.9 Å². The van der Waals surface area contributed by atoms with Crippen LogP contribution < -0.4 is 4.74 Å². The largest absolute Gasteiger partial charge is 0.487 e. The Morgan fingerprint density at radius 3 is 2.41 bits per heavy atom. The van der Waals surface area contributed by atoms with Crippen LogP contribution in [0.5, 0.6) is 5.75 Å². The number of nitrogens with zero attached hydrogens (tertiary/aromatic N) is 2. The van der Waals surface area contributed by atoms with Crippen LogP contribution in [0.2, 0.25) is 0 Å². The van der Waals surface area contributed by atoms with Gasteiger partial charge in [-0.25, -0.2) is 8.42 Å². The molecule has 0 unspecified atom stereocenters. The third kappa shape index (κ3) is 6.02. The topological polar surface area (TPSA) is 87.2 Å². The molecule has 4 rings (SSSR count). The van der Waals surface area contributed by atoms with E-state index in [1.165, 1.54) is 10.7 Å².